The van der Waals surface area contributed by atoms with Crippen LogP contribution >= 0.6 is 7.60 Å². The van der Waals surface area contributed by atoms with Gasteiger partial charge in [0.15, 0.2) is 5.65 Å². The Bertz CT molecular complexity index is 933. The maximum atomic E-state index is 12.0. The normalized spacial score (nSPS) is 13.8. The molecule has 3 heterocycles. The number of nitrogen functional groups attached to an aromatic ring is 1. The van der Waals surface area contributed by atoms with Crippen LogP contribution in [0.4, 0.5) is 5.95 Å². The van der Waals surface area contributed by atoms with E-state index in [0.717, 1.165) is 0 Å². The Kier molecular flexibility index (Phi) is 5.58. The predicted octanol–water partition coefficient (Wildman–Crippen LogP) is 1.49. The van der Waals surface area contributed by atoms with Gasteiger partial charge >= 0.3 is 7.60 Å². The van der Waals surface area contributed by atoms with Crippen molar-refractivity contribution in [2.75, 3.05) is 18.7 Å². The largest absolute Gasteiger partial charge is 0.368 e. The van der Waals surface area contributed by atoms with Crippen molar-refractivity contribution in [1.82, 2.24) is 24.5 Å². The number of fused-ring (bicyclic) bond motifs is 1. The fourth-order valence-corrected chi connectivity index (χ4v) is 3.09. The summed E-state index contributed by atoms with van der Waals surface area (Å²) >= 11 is 0. The molecular formula is C15H19N6O4P. The number of rotatable bonds is 8. The summed E-state index contributed by atoms with van der Waals surface area (Å²) in [5.74, 6) is 0.168. The lowest BCUT2D eigenvalue weighted by atomic mass is 10.3. The molecule has 0 saturated carbocycles. The van der Waals surface area contributed by atoms with Crippen LogP contribution in [0.3, 0.4) is 0 Å². The monoisotopic (exact) mass is 378 g/mol. The molecule has 26 heavy (non-hydrogen) atoms. The third-order valence-corrected chi connectivity index (χ3v) is 4.58. The van der Waals surface area contributed by atoms with Crippen molar-refractivity contribution in [1.29, 1.82) is 0 Å². The molecule has 3 aromatic heterocycles. The zero-order valence-corrected chi connectivity index (χ0v) is 15.0. The first-order chi connectivity index (χ1) is 12.4. The highest BCUT2D eigenvalue weighted by Crippen LogP contribution is 2.42. The summed E-state index contributed by atoms with van der Waals surface area (Å²) in [6, 6.07) is 3.48. The first-order valence-corrected chi connectivity index (χ1v) is 9.59. The summed E-state index contributed by atoms with van der Waals surface area (Å²) in [6.07, 6.45) is 4.38. The number of hydrogen-bond acceptors (Lipinski definition) is 8. The van der Waals surface area contributed by atoms with Crippen LogP contribution in [0.25, 0.3) is 11.2 Å². The Morgan fingerprint density at radius 3 is 3.00 bits per heavy atom. The lowest BCUT2D eigenvalue weighted by molar-refractivity contribution is 0.136. The fraction of sp³-hybridized carbons (Fsp3) is 0.333. The maximum absolute atomic E-state index is 12.0. The van der Waals surface area contributed by atoms with Crippen molar-refractivity contribution < 1.29 is 18.7 Å². The van der Waals surface area contributed by atoms with Crippen LogP contribution in [0.1, 0.15) is 11.3 Å². The van der Waals surface area contributed by atoms with Gasteiger partial charge in [-0.25, -0.2) is 9.97 Å². The van der Waals surface area contributed by atoms with E-state index in [4.69, 9.17) is 15.0 Å². The highest BCUT2D eigenvalue weighted by molar-refractivity contribution is 7.52. The van der Waals surface area contributed by atoms with Gasteiger partial charge in [-0.05, 0) is 18.6 Å². The Morgan fingerprint density at radius 1 is 1.38 bits per heavy atom. The SMILES string of the molecule is Cc1nc(N)nc2c1ncn2CCOCP(=O)(O)OCc1cccnc1. The molecule has 0 bridgehead atoms. The number of ether oxygens (including phenoxy) is 1. The molecular weight excluding hydrogens is 359 g/mol. The van der Waals surface area contributed by atoms with Crippen molar-refractivity contribution in [2.45, 2.75) is 20.1 Å². The van der Waals surface area contributed by atoms with E-state index in [1.54, 1.807) is 42.3 Å². The first kappa shape index (κ1) is 18.4. The second-order valence-electron chi connectivity index (χ2n) is 5.59. The van der Waals surface area contributed by atoms with Crippen LogP contribution in [0.2, 0.25) is 0 Å². The van der Waals surface area contributed by atoms with Crippen LogP contribution in [0.15, 0.2) is 30.9 Å². The Morgan fingerprint density at radius 2 is 2.23 bits per heavy atom. The van der Waals surface area contributed by atoms with Crippen molar-refractivity contribution in [3.63, 3.8) is 0 Å². The molecule has 3 rings (SSSR count). The summed E-state index contributed by atoms with van der Waals surface area (Å²) in [6.45, 7) is 2.38. The second-order valence-corrected chi connectivity index (χ2v) is 7.38. The number of anilines is 1. The van der Waals surface area contributed by atoms with E-state index in [2.05, 4.69) is 19.9 Å². The van der Waals surface area contributed by atoms with E-state index in [1.807, 2.05) is 0 Å². The summed E-state index contributed by atoms with van der Waals surface area (Å²) in [5.41, 5.74) is 8.31. The van der Waals surface area contributed by atoms with Gasteiger partial charge in [-0.3, -0.25) is 9.55 Å². The molecule has 0 aliphatic heterocycles. The van der Waals surface area contributed by atoms with E-state index in [0.29, 0.717) is 29.0 Å². The molecule has 1 atom stereocenters. The van der Waals surface area contributed by atoms with E-state index in [-0.39, 0.29) is 19.2 Å². The first-order valence-electron chi connectivity index (χ1n) is 7.82. The highest BCUT2D eigenvalue weighted by Gasteiger charge is 2.20. The molecule has 10 nitrogen and oxygen atoms in total. The molecule has 3 N–H and O–H groups in total. The van der Waals surface area contributed by atoms with Crippen molar-refractivity contribution in [3.05, 3.63) is 42.1 Å². The fourth-order valence-electron chi connectivity index (χ4n) is 2.31. The molecule has 0 amide bonds. The molecule has 0 saturated heterocycles. The Balaban J connectivity index is 1.50. The maximum Gasteiger partial charge on any atom is 0.353 e. The molecule has 11 heteroatoms. The van der Waals surface area contributed by atoms with Crippen LogP contribution < -0.4 is 5.73 Å². The summed E-state index contributed by atoms with van der Waals surface area (Å²) in [5, 5.41) is 0. The minimum atomic E-state index is -3.85. The lowest BCUT2D eigenvalue weighted by Gasteiger charge is -2.12. The van der Waals surface area contributed by atoms with Crippen LogP contribution in [0.5, 0.6) is 0 Å². The molecule has 0 aromatic carbocycles. The average molecular weight is 378 g/mol. The Hall–Kier alpha value is -2.39. The van der Waals surface area contributed by atoms with Crippen LogP contribution in [0, 0.1) is 6.92 Å². The van der Waals surface area contributed by atoms with Gasteiger partial charge < -0.3 is 24.5 Å². The molecule has 0 aliphatic rings. The zero-order chi connectivity index (χ0) is 18.6. The molecule has 3 aromatic rings. The molecule has 138 valence electrons. The average Bonchev–Trinajstić information content (AvgIpc) is 3.01. The lowest BCUT2D eigenvalue weighted by Crippen LogP contribution is -2.08. The van der Waals surface area contributed by atoms with Gasteiger partial charge in [0.05, 0.1) is 25.2 Å². The molecule has 0 aliphatic carbocycles. The van der Waals surface area contributed by atoms with Crippen molar-refractivity contribution in [3.8, 4) is 0 Å². The van der Waals surface area contributed by atoms with Gasteiger partial charge in [-0.2, -0.15) is 4.98 Å². The number of nitrogens with two attached hydrogens (primary N) is 1. The van der Waals surface area contributed by atoms with Crippen molar-refractivity contribution in [2.24, 2.45) is 0 Å². The minimum absolute atomic E-state index is 0.00733. The number of nitrogens with zero attached hydrogens (tertiary/aromatic N) is 5. The topological polar surface area (TPSA) is 138 Å². The Labute approximate surface area is 149 Å². The highest BCUT2D eigenvalue weighted by atomic mass is 31.2. The third-order valence-electron chi connectivity index (χ3n) is 3.54. The minimum Gasteiger partial charge on any atom is -0.368 e. The molecule has 0 fully saturated rings. The van der Waals surface area contributed by atoms with Crippen molar-refractivity contribution >= 4 is 24.7 Å². The van der Waals surface area contributed by atoms with Crippen LogP contribution in [-0.4, -0.2) is 42.4 Å². The predicted molar refractivity (Wildman–Crippen MR) is 94.1 cm³/mol. The van der Waals surface area contributed by atoms with E-state index >= 15 is 0 Å². The van der Waals surface area contributed by atoms with Gasteiger partial charge in [0.25, 0.3) is 0 Å². The smallest absolute Gasteiger partial charge is 0.353 e. The number of imidazole rings is 1. The van der Waals surface area contributed by atoms with Gasteiger partial charge in [-0.1, -0.05) is 6.07 Å². The quantitative estimate of drug-likeness (QED) is 0.441. The van der Waals surface area contributed by atoms with E-state index in [1.165, 1.54) is 0 Å². The standard InChI is InChI=1S/C15H19N6O4P/c1-11-13-14(20-15(16)19-11)21(9-18-13)5-6-24-10-26(22,23)25-8-12-3-2-4-17-7-12/h2-4,7,9H,5-6,8,10H2,1H3,(H,22,23)(H2,16,19,20). The van der Waals surface area contributed by atoms with Gasteiger partial charge in [0, 0.05) is 18.9 Å². The van der Waals surface area contributed by atoms with Gasteiger partial charge in [0.2, 0.25) is 5.95 Å². The van der Waals surface area contributed by atoms with E-state index in [9.17, 15) is 9.46 Å². The van der Waals surface area contributed by atoms with Crippen LogP contribution in [-0.2, 0) is 27.0 Å². The summed E-state index contributed by atoms with van der Waals surface area (Å²) < 4.78 is 24.1. The molecule has 0 spiro atoms. The van der Waals surface area contributed by atoms with Gasteiger partial charge in [-0.15, -0.1) is 0 Å². The number of aryl methyl sites for hydroxylation is 1. The molecule has 0 radical (unpaired) electrons. The third kappa shape index (κ3) is 4.61. The number of hydrogen-bond donors (Lipinski definition) is 2. The summed E-state index contributed by atoms with van der Waals surface area (Å²) in [7, 11) is -3.85. The zero-order valence-electron chi connectivity index (χ0n) is 14.1. The van der Waals surface area contributed by atoms with E-state index < -0.39 is 13.9 Å². The van der Waals surface area contributed by atoms with Gasteiger partial charge in [0.1, 0.15) is 11.9 Å². The number of aromatic nitrogens is 5. The molecule has 1 unspecified atom stereocenters. The number of pyridine rings is 1. The summed E-state index contributed by atoms with van der Waals surface area (Å²) in [4.78, 5) is 26.2. The second kappa shape index (κ2) is 7.88.